The third kappa shape index (κ3) is 8.87. The van der Waals surface area contributed by atoms with E-state index >= 15 is 0 Å². The van der Waals surface area contributed by atoms with Gasteiger partial charge in [-0.05, 0) is 38.7 Å². The maximum absolute atomic E-state index is 5.89. The fourth-order valence-electron chi connectivity index (χ4n) is 2.70. The van der Waals surface area contributed by atoms with Gasteiger partial charge in [-0.15, -0.1) is 24.0 Å². The SMILES string of the molecule is CCNC(=NCCCOC1CCOCC1)NC(C)c1ccccc1.I. The number of halogens is 1. The Labute approximate surface area is 169 Å². The molecule has 142 valence electrons. The number of guanidine groups is 1. The van der Waals surface area contributed by atoms with Crippen molar-refractivity contribution in [2.75, 3.05) is 32.9 Å². The van der Waals surface area contributed by atoms with Gasteiger partial charge in [0.05, 0.1) is 12.1 Å². The molecule has 1 saturated heterocycles. The van der Waals surface area contributed by atoms with E-state index in [-0.39, 0.29) is 30.0 Å². The van der Waals surface area contributed by atoms with Gasteiger partial charge < -0.3 is 20.1 Å². The minimum absolute atomic E-state index is 0. The maximum Gasteiger partial charge on any atom is 0.191 e. The molecule has 1 unspecified atom stereocenters. The fourth-order valence-corrected chi connectivity index (χ4v) is 2.70. The monoisotopic (exact) mass is 461 g/mol. The van der Waals surface area contributed by atoms with E-state index in [0.29, 0.717) is 6.10 Å². The molecular weight excluding hydrogens is 429 g/mol. The van der Waals surface area contributed by atoms with Crippen molar-refractivity contribution in [3.63, 3.8) is 0 Å². The molecule has 1 heterocycles. The molecule has 1 aromatic carbocycles. The molecule has 1 fully saturated rings. The molecule has 0 radical (unpaired) electrons. The highest BCUT2D eigenvalue weighted by atomic mass is 127. The lowest BCUT2D eigenvalue weighted by Gasteiger charge is -2.22. The molecule has 1 aliphatic heterocycles. The van der Waals surface area contributed by atoms with Crippen LogP contribution in [0, 0.1) is 0 Å². The van der Waals surface area contributed by atoms with Gasteiger partial charge in [-0.25, -0.2) is 0 Å². The van der Waals surface area contributed by atoms with Crippen LogP contribution in [0.2, 0.25) is 0 Å². The fraction of sp³-hybridized carbons (Fsp3) is 0.632. The lowest BCUT2D eigenvalue weighted by molar-refractivity contribution is -0.0318. The van der Waals surface area contributed by atoms with E-state index in [2.05, 4.69) is 53.7 Å². The third-order valence-electron chi connectivity index (χ3n) is 4.09. The summed E-state index contributed by atoms with van der Waals surface area (Å²) in [4.78, 5) is 4.65. The van der Waals surface area contributed by atoms with Crippen LogP contribution in [0.3, 0.4) is 0 Å². The van der Waals surface area contributed by atoms with Gasteiger partial charge >= 0.3 is 0 Å². The Hall–Kier alpha value is -0.860. The summed E-state index contributed by atoms with van der Waals surface area (Å²) < 4.78 is 11.2. The molecule has 1 aliphatic rings. The molecule has 0 aromatic heterocycles. The molecule has 0 saturated carbocycles. The van der Waals surface area contributed by atoms with Crippen LogP contribution >= 0.6 is 24.0 Å². The van der Waals surface area contributed by atoms with Gasteiger partial charge in [-0.2, -0.15) is 0 Å². The van der Waals surface area contributed by atoms with Crippen LogP contribution in [0.15, 0.2) is 35.3 Å². The molecule has 25 heavy (non-hydrogen) atoms. The molecule has 1 atom stereocenters. The molecule has 0 amide bonds. The average Bonchev–Trinajstić information content (AvgIpc) is 2.63. The quantitative estimate of drug-likeness (QED) is 0.269. The van der Waals surface area contributed by atoms with Crippen molar-refractivity contribution in [1.29, 1.82) is 0 Å². The standard InChI is InChI=1S/C19H31N3O2.HI/c1-3-20-19(22-16(2)17-8-5-4-6-9-17)21-12-7-13-24-18-10-14-23-15-11-18;/h4-6,8-9,16,18H,3,7,10-15H2,1-2H3,(H2,20,21,22);1H. The molecule has 2 N–H and O–H groups in total. The molecule has 0 aliphatic carbocycles. The predicted octanol–water partition coefficient (Wildman–Crippen LogP) is 3.51. The molecule has 0 spiro atoms. The zero-order valence-corrected chi connectivity index (χ0v) is 17.7. The minimum atomic E-state index is 0. The minimum Gasteiger partial charge on any atom is -0.381 e. The van der Waals surface area contributed by atoms with E-state index in [4.69, 9.17) is 9.47 Å². The summed E-state index contributed by atoms with van der Waals surface area (Å²) in [6.07, 6.45) is 3.34. The zero-order valence-electron chi connectivity index (χ0n) is 15.4. The van der Waals surface area contributed by atoms with E-state index < -0.39 is 0 Å². The number of hydrogen-bond donors (Lipinski definition) is 2. The van der Waals surface area contributed by atoms with Crippen molar-refractivity contribution in [3.8, 4) is 0 Å². The van der Waals surface area contributed by atoms with Crippen LogP contribution in [0.5, 0.6) is 0 Å². The topological polar surface area (TPSA) is 54.9 Å². The average molecular weight is 461 g/mol. The summed E-state index contributed by atoms with van der Waals surface area (Å²) in [7, 11) is 0. The highest BCUT2D eigenvalue weighted by Crippen LogP contribution is 2.11. The number of nitrogens with one attached hydrogen (secondary N) is 2. The number of ether oxygens (including phenoxy) is 2. The van der Waals surface area contributed by atoms with Crippen LogP contribution in [0.25, 0.3) is 0 Å². The first-order chi connectivity index (χ1) is 11.8. The lowest BCUT2D eigenvalue weighted by Crippen LogP contribution is -2.38. The molecule has 0 bridgehead atoms. The number of hydrogen-bond acceptors (Lipinski definition) is 3. The zero-order chi connectivity index (χ0) is 17.0. The predicted molar refractivity (Wildman–Crippen MR) is 114 cm³/mol. The largest absolute Gasteiger partial charge is 0.381 e. The number of nitrogens with zero attached hydrogens (tertiary/aromatic N) is 1. The van der Waals surface area contributed by atoms with Gasteiger partial charge in [0.2, 0.25) is 0 Å². The van der Waals surface area contributed by atoms with E-state index in [1.165, 1.54) is 5.56 Å². The van der Waals surface area contributed by atoms with Gasteiger partial charge in [0.25, 0.3) is 0 Å². The first-order valence-corrected chi connectivity index (χ1v) is 9.08. The Morgan fingerprint density at radius 3 is 2.68 bits per heavy atom. The van der Waals surface area contributed by atoms with Crippen molar-refractivity contribution >= 4 is 29.9 Å². The van der Waals surface area contributed by atoms with Crippen LogP contribution < -0.4 is 10.6 Å². The van der Waals surface area contributed by atoms with Crippen molar-refractivity contribution in [3.05, 3.63) is 35.9 Å². The van der Waals surface area contributed by atoms with Crippen LogP contribution in [-0.4, -0.2) is 45.0 Å². The summed E-state index contributed by atoms with van der Waals surface area (Å²) in [6, 6.07) is 10.6. The number of aliphatic imine (C=N–C) groups is 1. The van der Waals surface area contributed by atoms with E-state index in [9.17, 15) is 0 Å². The Bertz CT molecular complexity index is 479. The maximum atomic E-state index is 5.89. The molecule has 2 rings (SSSR count). The van der Waals surface area contributed by atoms with E-state index in [1.54, 1.807) is 0 Å². The van der Waals surface area contributed by atoms with Gasteiger partial charge in [0, 0.05) is 32.9 Å². The Balaban J connectivity index is 0.00000312. The summed E-state index contributed by atoms with van der Waals surface area (Å²) in [6.45, 7) is 8.27. The summed E-state index contributed by atoms with van der Waals surface area (Å²) in [5.74, 6) is 0.861. The van der Waals surface area contributed by atoms with E-state index in [1.807, 2.05) is 6.07 Å². The van der Waals surface area contributed by atoms with Gasteiger partial charge in [0.15, 0.2) is 5.96 Å². The summed E-state index contributed by atoms with van der Waals surface area (Å²) in [5.41, 5.74) is 1.26. The lowest BCUT2D eigenvalue weighted by atomic mass is 10.1. The van der Waals surface area contributed by atoms with Crippen LogP contribution in [0.4, 0.5) is 0 Å². The molecule has 1 aromatic rings. The Kier molecular flexibility index (Phi) is 11.9. The second-order valence-corrected chi connectivity index (χ2v) is 6.07. The Morgan fingerprint density at radius 2 is 2.00 bits per heavy atom. The third-order valence-corrected chi connectivity index (χ3v) is 4.09. The second-order valence-electron chi connectivity index (χ2n) is 6.07. The van der Waals surface area contributed by atoms with Crippen molar-refractivity contribution in [1.82, 2.24) is 10.6 Å². The Morgan fingerprint density at radius 1 is 1.28 bits per heavy atom. The summed E-state index contributed by atoms with van der Waals surface area (Å²) >= 11 is 0. The molecule has 6 heteroatoms. The van der Waals surface area contributed by atoms with Crippen LogP contribution in [0.1, 0.15) is 44.7 Å². The normalized spacial score (nSPS) is 16.8. The highest BCUT2D eigenvalue weighted by Gasteiger charge is 2.13. The number of benzene rings is 1. The van der Waals surface area contributed by atoms with Crippen molar-refractivity contribution < 1.29 is 9.47 Å². The van der Waals surface area contributed by atoms with Crippen LogP contribution in [-0.2, 0) is 9.47 Å². The number of rotatable bonds is 8. The van der Waals surface area contributed by atoms with Crippen molar-refractivity contribution in [2.24, 2.45) is 4.99 Å². The first kappa shape index (κ1) is 22.2. The molecular formula is C19H32IN3O2. The van der Waals surface area contributed by atoms with Crippen molar-refractivity contribution in [2.45, 2.75) is 45.3 Å². The van der Waals surface area contributed by atoms with Gasteiger partial charge in [-0.1, -0.05) is 30.3 Å². The second kappa shape index (κ2) is 13.4. The smallest absolute Gasteiger partial charge is 0.191 e. The molecule has 5 nitrogen and oxygen atoms in total. The van der Waals surface area contributed by atoms with Gasteiger partial charge in [0.1, 0.15) is 0 Å². The first-order valence-electron chi connectivity index (χ1n) is 9.08. The summed E-state index contributed by atoms with van der Waals surface area (Å²) in [5, 5.41) is 6.76. The van der Waals surface area contributed by atoms with E-state index in [0.717, 1.165) is 58.1 Å². The highest BCUT2D eigenvalue weighted by molar-refractivity contribution is 14.0. The van der Waals surface area contributed by atoms with Gasteiger partial charge in [-0.3, -0.25) is 4.99 Å².